The van der Waals surface area contributed by atoms with Crippen LogP contribution in [0.4, 0.5) is 10.5 Å². The maximum Gasteiger partial charge on any atom is 0.407 e. The van der Waals surface area contributed by atoms with Gasteiger partial charge in [0.15, 0.2) is 0 Å². The molecule has 0 saturated carbocycles. The van der Waals surface area contributed by atoms with E-state index in [0.29, 0.717) is 18.5 Å². The lowest BCUT2D eigenvalue weighted by Crippen LogP contribution is -2.45. The molecule has 0 aliphatic carbocycles. The van der Waals surface area contributed by atoms with E-state index in [1.54, 1.807) is 37.8 Å². The summed E-state index contributed by atoms with van der Waals surface area (Å²) in [4.78, 5) is 40.9. The highest BCUT2D eigenvalue weighted by Gasteiger charge is 2.33. The maximum atomic E-state index is 12.4. The molecule has 0 radical (unpaired) electrons. The summed E-state index contributed by atoms with van der Waals surface area (Å²) < 4.78 is 5.30. The van der Waals surface area contributed by atoms with Gasteiger partial charge in [-0.3, -0.25) is 9.59 Å². The number of nitrogens with one attached hydrogen (secondary N) is 2. The predicted molar refractivity (Wildman–Crippen MR) is 137 cm³/mol. The lowest BCUT2D eigenvalue weighted by atomic mass is 9.89. The average molecular weight is 481 g/mol. The Hall–Kier alpha value is -3.39. The number of hydrogen-bond acceptors (Lipinski definition) is 5. The molecule has 2 aromatic carbocycles. The van der Waals surface area contributed by atoms with Gasteiger partial charge in [-0.15, -0.1) is 0 Å². The standard InChI is InChI=1S/C27H36N4O4/c1-17(2)35-27(34)29-24-15-18(3)31(19(4)32)25-12-11-22(16-23(24)25)20-7-9-21(10-8-20)26(33)28-13-14-30(5)6/h7-12,16-18,24H,13-15H2,1-6H3,(H,28,33)(H,29,34)/t18-,24+/m0/s1. The second-order valence-electron chi connectivity index (χ2n) is 9.53. The van der Waals surface area contributed by atoms with Crippen LogP contribution < -0.4 is 15.5 Å². The molecule has 188 valence electrons. The minimum atomic E-state index is -0.477. The van der Waals surface area contributed by atoms with Crippen LogP contribution in [0.1, 0.15) is 56.1 Å². The largest absolute Gasteiger partial charge is 0.447 e. The summed E-state index contributed by atoms with van der Waals surface area (Å²) in [5.74, 6) is -0.151. The molecule has 0 fully saturated rings. The lowest BCUT2D eigenvalue weighted by Gasteiger charge is -2.39. The van der Waals surface area contributed by atoms with Crippen LogP contribution in [0.3, 0.4) is 0 Å². The molecule has 0 spiro atoms. The summed E-state index contributed by atoms with van der Waals surface area (Å²) in [6, 6.07) is 13.0. The Kier molecular flexibility index (Phi) is 8.51. The van der Waals surface area contributed by atoms with Crippen molar-refractivity contribution in [2.24, 2.45) is 0 Å². The Labute approximate surface area is 207 Å². The van der Waals surface area contributed by atoms with Crippen molar-refractivity contribution in [1.82, 2.24) is 15.5 Å². The quantitative estimate of drug-likeness (QED) is 0.626. The van der Waals surface area contributed by atoms with E-state index in [1.165, 1.54) is 0 Å². The molecule has 8 nitrogen and oxygen atoms in total. The first-order chi connectivity index (χ1) is 16.6. The molecule has 1 aliphatic rings. The number of nitrogens with zero attached hydrogens (tertiary/aromatic N) is 2. The first-order valence-electron chi connectivity index (χ1n) is 12.0. The van der Waals surface area contributed by atoms with E-state index >= 15 is 0 Å². The number of fused-ring (bicyclic) bond motifs is 1. The summed E-state index contributed by atoms with van der Waals surface area (Å²) in [7, 11) is 3.92. The van der Waals surface area contributed by atoms with E-state index in [0.717, 1.165) is 28.9 Å². The van der Waals surface area contributed by atoms with E-state index in [9.17, 15) is 14.4 Å². The molecule has 1 aliphatic heterocycles. The van der Waals surface area contributed by atoms with Crippen LogP contribution in [-0.4, -0.2) is 62.1 Å². The number of amides is 3. The van der Waals surface area contributed by atoms with Gasteiger partial charge in [-0.1, -0.05) is 18.2 Å². The fourth-order valence-corrected chi connectivity index (χ4v) is 4.36. The molecule has 0 unspecified atom stereocenters. The topological polar surface area (TPSA) is 91.0 Å². The first-order valence-corrected chi connectivity index (χ1v) is 12.0. The number of hydrogen-bond donors (Lipinski definition) is 2. The predicted octanol–water partition coefficient (Wildman–Crippen LogP) is 3.97. The molecule has 3 rings (SSSR count). The zero-order chi connectivity index (χ0) is 25.7. The van der Waals surface area contributed by atoms with Crippen molar-refractivity contribution in [1.29, 1.82) is 0 Å². The number of ether oxygens (including phenoxy) is 1. The van der Waals surface area contributed by atoms with Crippen molar-refractivity contribution in [3.63, 3.8) is 0 Å². The molecular formula is C27H36N4O4. The van der Waals surface area contributed by atoms with Crippen LogP contribution in [0.15, 0.2) is 42.5 Å². The van der Waals surface area contributed by atoms with Gasteiger partial charge in [-0.2, -0.15) is 0 Å². The Morgan fingerprint density at radius 1 is 1.09 bits per heavy atom. The number of likely N-dealkylation sites (N-methyl/N-ethyl adjacent to an activating group) is 1. The number of alkyl carbamates (subject to hydrolysis) is 1. The fourth-order valence-electron chi connectivity index (χ4n) is 4.36. The van der Waals surface area contributed by atoms with Crippen molar-refractivity contribution in [3.8, 4) is 11.1 Å². The number of carbonyl (C=O) groups excluding carboxylic acids is 3. The van der Waals surface area contributed by atoms with Gasteiger partial charge in [-0.25, -0.2) is 4.79 Å². The molecular weight excluding hydrogens is 444 g/mol. The molecule has 2 atom stereocenters. The van der Waals surface area contributed by atoms with Crippen LogP contribution >= 0.6 is 0 Å². The molecule has 2 aromatic rings. The minimum absolute atomic E-state index is 0.0423. The molecule has 2 N–H and O–H groups in total. The van der Waals surface area contributed by atoms with E-state index in [-0.39, 0.29) is 30.0 Å². The highest BCUT2D eigenvalue weighted by atomic mass is 16.6. The second kappa shape index (κ2) is 11.4. The van der Waals surface area contributed by atoms with Gasteiger partial charge < -0.3 is 25.2 Å². The van der Waals surface area contributed by atoms with Crippen molar-refractivity contribution >= 4 is 23.6 Å². The summed E-state index contributed by atoms with van der Waals surface area (Å²) in [5, 5.41) is 5.89. The third kappa shape index (κ3) is 6.60. The van der Waals surface area contributed by atoms with Crippen molar-refractivity contribution in [2.45, 2.75) is 52.3 Å². The van der Waals surface area contributed by atoms with Crippen LogP contribution in [-0.2, 0) is 9.53 Å². The van der Waals surface area contributed by atoms with Gasteiger partial charge in [0.1, 0.15) is 0 Å². The monoisotopic (exact) mass is 480 g/mol. The third-order valence-corrected chi connectivity index (χ3v) is 5.98. The molecule has 3 amide bonds. The molecule has 35 heavy (non-hydrogen) atoms. The van der Waals surface area contributed by atoms with Crippen molar-refractivity contribution in [3.05, 3.63) is 53.6 Å². The summed E-state index contributed by atoms with van der Waals surface area (Å²) >= 11 is 0. The van der Waals surface area contributed by atoms with Crippen LogP contribution in [0.5, 0.6) is 0 Å². The van der Waals surface area contributed by atoms with Crippen LogP contribution in [0.2, 0.25) is 0 Å². The van der Waals surface area contributed by atoms with E-state index in [4.69, 9.17) is 4.74 Å². The van der Waals surface area contributed by atoms with Crippen molar-refractivity contribution < 1.29 is 19.1 Å². The molecule has 0 saturated heterocycles. The maximum absolute atomic E-state index is 12.4. The zero-order valence-electron chi connectivity index (χ0n) is 21.4. The van der Waals surface area contributed by atoms with Gasteiger partial charge >= 0.3 is 6.09 Å². The number of anilines is 1. The van der Waals surface area contributed by atoms with Crippen LogP contribution in [0.25, 0.3) is 11.1 Å². The zero-order valence-corrected chi connectivity index (χ0v) is 21.4. The van der Waals surface area contributed by atoms with E-state index in [2.05, 4.69) is 10.6 Å². The Bertz CT molecular complexity index is 1070. The highest BCUT2D eigenvalue weighted by Crippen LogP contribution is 2.39. The highest BCUT2D eigenvalue weighted by molar-refractivity contribution is 5.95. The second-order valence-corrected chi connectivity index (χ2v) is 9.53. The third-order valence-electron chi connectivity index (χ3n) is 5.98. The molecule has 0 bridgehead atoms. The Balaban J connectivity index is 1.87. The smallest absolute Gasteiger partial charge is 0.407 e. The van der Waals surface area contributed by atoms with Gasteiger partial charge in [0.2, 0.25) is 5.91 Å². The molecule has 0 aromatic heterocycles. The minimum Gasteiger partial charge on any atom is -0.447 e. The molecule has 1 heterocycles. The Morgan fingerprint density at radius 2 is 1.74 bits per heavy atom. The number of benzene rings is 2. The van der Waals surface area contributed by atoms with Crippen molar-refractivity contribution in [2.75, 3.05) is 32.1 Å². The lowest BCUT2D eigenvalue weighted by molar-refractivity contribution is -0.117. The fraction of sp³-hybridized carbons (Fsp3) is 0.444. The SMILES string of the molecule is CC(=O)N1c2ccc(-c3ccc(C(=O)NCCN(C)C)cc3)cc2[C@H](NC(=O)OC(C)C)C[C@@H]1C. The summed E-state index contributed by atoms with van der Waals surface area (Å²) in [6.45, 7) is 8.49. The number of carbonyl (C=O) groups is 3. The Morgan fingerprint density at radius 3 is 2.34 bits per heavy atom. The summed E-state index contributed by atoms with van der Waals surface area (Å²) in [6.07, 6.45) is -0.126. The van der Waals surface area contributed by atoms with E-state index < -0.39 is 6.09 Å². The van der Waals surface area contributed by atoms with E-state index in [1.807, 2.05) is 56.3 Å². The summed E-state index contributed by atoms with van der Waals surface area (Å²) in [5.41, 5.74) is 4.12. The van der Waals surface area contributed by atoms with Gasteiger partial charge in [0.05, 0.1) is 12.1 Å². The normalized spacial score (nSPS) is 17.2. The number of rotatable bonds is 7. The van der Waals surface area contributed by atoms with Crippen LogP contribution in [0, 0.1) is 0 Å². The van der Waals surface area contributed by atoms with Gasteiger partial charge in [0.25, 0.3) is 5.91 Å². The van der Waals surface area contributed by atoms with Gasteiger partial charge in [-0.05, 0) is 82.2 Å². The van der Waals surface area contributed by atoms with Gasteiger partial charge in [0, 0.05) is 37.3 Å². The molecule has 8 heteroatoms. The first kappa shape index (κ1) is 26.2. The average Bonchev–Trinajstić information content (AvgIpc) is 2.77.